The summed E-state index contributed by atoms with van der Waals surface area (Å²) in [6, 6.07) is 5.04. The first-order valence-electron chi connectivity index (χ1n) is 8.02. The number of phenolic OH excluding ortho intramolecular Hbond substituents is 1. The lowest BCUT2D eigenvalue weighted by Crippen LogP contribution is -2.26. The molecule has 0 bridgehead atoms. The van der Waals surface area contributed by atoms with Crippen LogP contribution in [0.5, 0.6) is 11.5 Å². The van der Waals surface area contributed by atoms with Gasteiger partial charge in [0.1, 0.15) is 17.4 Å². The fourth-order valence-corrected chi connectivity index (χ4v) is 2.87. The van der Waals surface area contributed by atoms with E-state index in [0.29, 0.717) is 34.5 Å². The van der Waals surface area contributed by atoms with Crippen molar-refractivity contribution >= 4 is 27.9 Å². The second kappa shape index (κ2) is 9.11. The van der Waals surface area contributed by atoms with Crippen LogP contribution in [0.3, 0.4) is 0 Å². The number of carbonyl (C=O) groups excluding carboxylic acids is 1. The summed E-state index contributed by atoms with van der Waals surface area (Å²) in [4.78, 5) is 12.5. The van der Waals surface area contributed by atoms with Gasteiger partial charge >= 0.3 is 0 Å². The highest BCUT2D eigenvalue weighted by atomic mass is 79.9. The van der Waals surface area contributed by atoms with Crippen LogP contribution in [-0.4, -0.2) is 24.7 Å². The lowest BCUT2D eigenvalue weighted by molar-refractivity contribution is -0.116. The number of rotatable bonds is 6. The number of methoxy groups -OCH3 is 1. The van der Waals surface area contributed by atoms with Crippen LogP contribution in [0.1, 0.15) is 25.3 Å². The van der Waals surface area contributed by atoms with Gasteiger partial charge < -0.3 is 19.9 Å². The number of nitrogens with zero attached hydrogens (tertiary/aromatic N) is 1. The van der Waals surface area contributed by atoms with Gasteiger partial charge in [-0.05, 0) is 65.5 Å². The Morgan fingerprint density at radius 3 is 2.92 bits per heavy atom. The first-order chi connectivity index (χ1) is 12.5. The van der Waals surface area contributed by atoms with Gasteiger partial charge in [-0.2, -0.15) is 5.26 Å². The highest BCUT2D eigenvalue weighted by Crippen LogP contribution is 2.35. The topological polar surface area (TPSA) is 91.6 Å². The zero-order chi connectivity index (χ0) is 19.1. The molecule has 0 spiro atoms. The Morgan fingerprint density at radius 1 is 1.50 bits per heavy atom. The lowest BCUT2D eigenvalue weighted by Gasteiger charge is -2.16. The van der Waals surface area contributed by atoms with Crippen LogP contribution in [0.4, 0.5) is 0 Å². The van der Waals surface area contributed by atoms with Crippen molar-refractivity contribution in [3.05, 3.63) is 51.4 Å². The Labute approximate surface area is 160 Å². The largest absolute Gasteiger partial charge is 0.503 e. The van der Waals surface area contributed by atoms with Gasteiger partial charge in [0.05, 0.1) is 23.9 Å². The van der Waals surface area contributed by atoms with Gasteiger partial charge in [-0.25, -0.2) is 0 Å². The van der Waals surface area contributed by atoms with E-state index in [1.165, 1.54) is 13.2 Å². The van der Waals surface area contributed by atoms with E-state index in [-0.39, 0.29) is 17.1 Å². The molecule has 0 atom stereocenters. The third-order valence-electron chi connectivity index (χ3n) is 3.64. The molecule has 0 aromatic heterocycles. The summed E-state index contributed by atoms with van der Waals surface area (Å²) in [6.45, 7) is 2.35. The summed E-state index contributed by atoms with van der Waals surface area (Å²) < 4.78 is 11.0. The molecule has 1 amide bonds. The van der Waals surface area contributed by atoms with E-state index < -0.39 is 5.91 Å². The Balaban J connectivity index is 2.29. The molecule has 0 saturated heterocycles. The minimum absolute atomic E-state index is 0.0480. The molecular weight excluding hydrogens is 400 g/mol. The van der Waals surface area contributed by atoms with Crippen LogP contribution in [0, 0.1) is 11.3 Å². The average molecular weight is 419 g/mol. The summed E-state index contributed by atoms with van der Waals surface area (Å²) in [5, 5.41) is 22.0. The van der Waals surface area contributed by atoms with Crippen molar-refractivity contribution in [1.29, 1.82) is 5.26 Å². The number of nitriles is 1. The predicted octanol–water partition coefficient (Wildman–Crippen LogP) is 3.78. The average Bonchev–Trinajstić information content (AvgIpc) is 2.64. The van der Waals surface area contributed by atoms with Gasteiger partial charge in [-0.3, -0.25) is 4.79 Å². The highest BCUT2D eigenvalue weighted by molar-refractivity contribution is 9.10. The maximum absolute atomic E-state index is 12.5. The van der Waals surface area contributed by atoms with Gasteiger partial charge in [0.25, 0.3) is 5.91 Å². The van der Waals surface area contributed by atoms with Crippen LogP contribution < -0.4 is 10.1 Å². The van der Waals surface area contributed by atoms with E-state index in [1.807, 2.05) is 25.1 Å². The van der Waals surface area contributed by atoms with E-state index in [2.05, 4.69) is 21.2 Å². The normalized spacial score (nSPS) is 14.0. The van der Waals surface area contributed by atoms with Crippen molar-refractivity contribution in [2.75, 3.05) is 13.7 Å². The van der Waals surface area contributed by atoms with Crippen molar-refractivity contribution in [2.45, 2.75) is 19.8 Å². The molecule has 1 aromatic carbocycles. The Hall–Kier alpha value is -2.72. The second-order valence-electron chi connectivity index (χ2n) is 5.39. The molecule has 6 nitrogen and oxygen atoms in total. The number of allylic oxidation sites excluding steroid dienone is 3. The van der Waals surface area contributed by atoms with Crippen molar-refractivity contribution in [3.8, 4) is 17.6 Å². The summed E-state index contributed by atoms with van der Waals surface area (Å²) >= 11 is 3.22. The minimum atomic E-state index is -0.516. The molecule has 2 rings (SSSR count). The first-order valence-corrected chi connectivity index (χ1v) is 8.81. The molecule has 0 aliphatic heterocycles. The van der Waals surface area contributed by atoms with E-state index in [1.54, 1.807) is 12.1 Å². The Kier molecular flexibility index (Phi) is 6.87. The van der Waals surface area contributed by atoms with Crippen molar-refractivity contribution in [1.82, 2.24) is 5.32 Å². The number of ether oxygens (including phenoxy) is 2. The fraction of sp³-hybridized carbons (Fsp3) is 0.263. The van der Waals surface area contributed by atoms with E-state index in [0.717, 1.165) is 6.42 Å². The third-order valence-corrected chi connectivity index (χ3v) is 4.24. The maximum atomic E-state index is 12.5. The van der Waals surface area contributed by atoms with Gasteiger partial charge in [0, 0.05) is 0 Å². The monoisotopic (exact) mass is 418 g/mol. The molecule has 0 heterocycles. The number of halogens is 1. The minimum Gasteiger partial charge on any atom is -0.503 e. The molecular formula is C19H19BrN2O4. The molecule has 1 aliphatic carbocycles. The zero-order valence-electron chi connectivity index (χ0n) is 14.5. The van der Waals surface area contributed by atoms with E-state index >= 15 is 0 Å². The summed E-state index contributed by atoms with van der Waals surface area (Å²) in [7, 11) is 1.42. The highest BCUT2D eigenvalue weighted by Gasteiger charge is 2.16. The van der Waals surface area contributed by atoms with Gasteiger partial charge in [-0.15, -0.1) is 0 Å². The van der Waals surface area contributed by atoms with Crippen LogP contribution in [0.25, 0.3) is 6.08 Å². The number of benzene rings is 1. The SMILES string of the molecule is CCOC1=C(NC(=O)/C(C#N)=C/c2cc(Br)c(O)c(OC)c2)CCC=C1. The molecule has 0 unspecified atom stereocenters. The second-order valence-corrected chi connectivity index (χ2v) is 6.25. The number of nitrogens with one attached hydrogen (secondary N) is 1. The predicted molar refractivity (Wildman–Crippen MR) is 101 cm³/mol. The van der Waals surface area contributed by atoms with Gasteiger partial charge in [-0.1, -0.05) is 6.08 Å². The van der Waals surface area contributed by atoms with Crippen molar-refractivity contribution < 1.29 is 19.4 Å². The van der Waals surface area contributed by atoms with Crippen LogP contribution in [0.2, 0.25) is 0 Å². The Bertz CT molecular complexity index is 835. The van der Waals surface area contributed by atoms with Crippen molar-refractivity contribution in [3.63, 3.8) is 0 Å². The number of hydrogen-bond donors (Lipinski definition) is 2. The molecule has 1 aliphatic rings. The maximum Gasteiger partial charge on any atom is 0.266 e. The molecule has 26 heavy (non-hydrogen) atoms. The fourth-order valence-electron chi connectivity index (χ4n) is 2.41. The zero-order valence-corrected chi connectivity index (χ0v) is 16.1. The van der Waals surface area contributed by atoms with Crippen molar-refractivity contribution in [2.24, 2.45) is 0 Å². The number of aromatic hydroxyl groups is 1. The number of amides is 1. The number of carbonyl (C=O) groups is 1. The smallest absolute Gasteiger partial charge is 0.266 e. The standard InChI is InChI=1S/C19H19BrN2O4/c1-3-26-16-7-5-4-6-15(16)22-19(24)13(11-21)8-12-9-14(20)18(23)17(10-12)25-2/h5,7-10,23H,3-4,6H2,1-2H3,(H,22,24)/b13-8+. The van der Waals surface area contributed by atoms with Gasteiger partial charge in [0.2, 0.25) is 0 Å². The van der Waals surface area contributed by atoms with Crippen LogP contribution >= 0.6 is 15.9 Å². The molecule has 0 saturated carbocycles. The quantitative estimate of drug-likeness (QED) is 0.541. The molecule has 7 heteroatoms. The molecule has 1 aromatic rings. The first kappa shape index (κ1) is 19.6. The molecule has 2 N–H and O–H groups in total. The number of phenols is 1. The lowest BCUT2D eigenvalue weighted by atomic mass is 10.1. The van der Waals surface area contributed by atoms with E-state index in [4.69, 9.17) is 9.47 Å². The van der Waals surface area contributed by atoms with Crippen LogP contribution in [0.15, 0.2) is 45.8 Å². The summed E-state index contributed by atoms with van der Waals surface area (Å²) in [5.74, 6) is 0.284. The molecule has 0 fully saturated rings. The van der Waals surface area contributed by atoms with Crippen LogP contribution in [-0.2, 0) is 9.53 Å². The summed E-state index contributed by atoms with van der Waals surface area (Å²) in [6.07, 6.45) is 6.65. The molecule has 136 valence electrons. The Morgan fingerprint density at radius 2 is 2.27 bits per heavy atom. The summed E-state index contributed by atoms with van der Waals surface area (Å²) in [5.41, 5.74) is 1.13. The van der Waals surface area contributed by atoms with Gasteiger partial charge in [0.15, 0.2) is 11.5 Å². The van der Waals surface area contributed by atoms with E-state index in [9.17, 15) is 15.2 Å². The third kappa shape index (κ3) is 4.67. The molecule has 0 radical (unpaired) electrons. The number of hydrogen-bond acceptors (Lipinski definition) is 5.